The van der Waals surface area contributed by atoms with Crippen LogP contribution in [0.15, 0.2) is 29.2 Å². The van der Waals surface area contributed by atoms with Crippen molar-refractivity contribution >= 4 is 29.3 Å². The number of nitrogens with one attached hydrogen (secondary N) is 1. The van der Waals surface area contributed by atoms with Crippen LogP contribution >= 0.6 is 11.8 Å². The summed E-state index contributed by atoms with van der Waals surface area (Å²) in [6.07, 6.45) is 2.28. The van der Waals surface area contributed by atoms with Gasteiger partial charge in [-0.2, -0.15) is 5.10 Å². The maximum Gasteiger partial charge on any atom is 0.319 e. The molecule has 180 valence electrons. The number of fused-ring (bicyclic) bond motifs is 1. The summed E-state index contributed by atoms with van der Waals surface area (Å²) in [7, 11) is 0. The number of aliphatic carboxylic acids is 1. The number of carbonyl (C=O) groups is 2. The lowest BCUT2D eigenvalue weighted by Gasteiger charge is -2.42. The molecule has 1 aromatic carbocycles. The summed E-state index contributed by atoms with van der Waals surface area (Å²) in [5, 5.41) is 16.8. The maximum absolute atomic E-state index is 13.1. The van der Waals surface area contributed by atoms with Crippen molar-refractivity contribution in [2.24, 2.45) is 0 Å². The number of aromatic amines is 1. The van der Waals surface area contributed by atoms with E-state index in [-0.39, 0.29) is 12.1 Å². The Labute approximate surface area is 199 Å². The Morgan fingerprint density at radius 2 is 1.94 bits per heavy atom. The molecule has 1 amide bonds. The second-order valence-electron chi connectivity index (χ2n) is 8.38. The number of carboxylic acid groups (broad SMARTS) is 1. The fourth-order valence-corrected chi connectivity index (χ4v) is 5.04. The van der Waals surface area contributed by atoms with Gasteiger partial charge in [0, 0.05) is 11.4 Å². The molecule has 0 radical (unpaired) electrons. The number of anilines is 1. The average molecular weight is 475 g/mol. The standard InChI is InChI=1S/C24H34N4O4S/c1-6-9-19-21-20(26-25-19)22(29)28(16(4)27(21)8-3)14-15-32-17-10-12-18(13-11-17)33-24(5,7-2)23(30)31/h10-13,16H,6-9,14-15H2,1-5H3,(H,25,26)(H,30,31). The van der Waals surface area contributed by atoms with Crippen molar-refractivity contribution in [1.29, 1.82) is 0 Å². The largest absolute Gasteiger partial charge is 0.492 e. The van der Waals surface area contributed by atoms with E-state index in [1.165, 1.54) is 11.8 Å². The normalized spacial score (nSPS) is 17.6. The Morgan fingerprint density at radius 3 is 2.52 bits per heavy atom. The molecular formula is C24H34N4O4S. The van der Waals surface area contributed by atoms with Gasteiger partial charge in [-0.25, -0.2) is 0 Å². The number of aromatic nitrogens is 2. The monoisotopic (exact) mass is 474 g/mol. The maximum atomic E-state index is 13.1. The highest BCUT2D eigenvalue weighted by atomic mass is 32.2. The van der Waals surface area contributed by atoms with E-state index in [4.69, 9.17) is 4.74 Å². The summed E-state index contributed by atoms with van der Waals surface area (Å²) in [5.74, 6) is -0.217. The minimum atomic E-state index is -0.861. The number of H-pyrrole nitrogens is 1. The number of carbonyl (C=O) groups excluding carboxylic acids is 1. The summed E-state index contributed by atoms with van der Waals surface area (Å²) >= 11 is 1.33. The molecule has 2 N–H and O–H groups in total. The fourth-order valence-electron chi connectivity index (χ4n) is 4.02. The lowest BCUT2D eigenvalue weighted by molar-refractivity contribution is -0.139. The molecule has 0 saturated carbocycles. The van der Waals surface area contributed by atoms with Crippen molar-refractivity contribution in [3.05, 3.63) is 35.7 Å². The van der Waals surface area contributed by atoms with Crippen molar-refractivity contribution in [1.82, 2.24) is 15.1 Å². The van der Waals surface area contributed by atoms with Crippen LogP contribution in [-0.4, -0.2) is 62.7 Å². The van der Waals surface area contributed by atoms with Crippen LogP contribution in [0, 0.1) is 0 Å². The van der Waals surface area contributed by atoms with Crippen LogP contribution in [-0.2, 0) is 11.2 Å². The van der Waals surface area contributed by atoms with Crippen LogP contribution in [0.5, 0.6) is 5.75 Å². The van der Waals surface area contributed by atoms with Gasteiger partial charge >= 0.3 is 5.97 Å². The Kier molecular flexibility index (Phi) is 7.94. The molecule has 2 aromatic rings. The molecular weight excluding hydrogens is 440 g/mol. The quantitative estimate of drug-likeness (QED) is 0.465. The lowest BCUT2D eigenvalue weighted by atomic mass is 10.1. The number of aryl methyl sites for hydroxylation is 1. The molecule has 8 nitrogen and oxygen atoms in total. The third-order valence-corrected chi connectivity index (χ3v) is 7.62. The molecule has 1 aliphatic rings. The molecule has 9 heteroatoms. The van der Waals surface area contributed by atoms with E-state index >= 15 is 0 Å². The molecule has 33 heavy (non-hydrogen) atoms. The molecule has 3 rings (SSSR count). The molecule has 2 atom stereocenters. The van der Waals surface area contributed by atoms with Gasteiger partial charge in [0.2, 0.25) is 0 Å². The first-order valence-electron chi connectivity index (χ1n) is 11.6. The third-order valence-electron chi connectivity index (χ3n) is 6.20. The number of thioether (sulfide) groups is 1. The van der Waals surface area contributed by atoms with Crippen molar-refractivity contribution in [2.75, 3.05) is 24.6 Å². The molecule has 0 bridgehead atoms. The van der Waals surface area contributed by atoms with Crippen molar-refractivity contribution < 1.29 is 19.4 Å². The van der Waals surface area contributed by atoms with Gasteiger partial charge < -0.3 is 19.6 Å². The summed E-state index contributed by atoms with van der Waals surface area (Å²) in [6.45, 7) is 11.4. The SMILES string of the molecule is CCCc1[nH]nc2c1N(CC)C(C)N(CCOc1ccc(SC(C)(CC)C(=O)O)cc1)C2=O. The van der Waals surface area contributed by atoms with Crippen LogP contribution in [0.3, 0.4) is 0 Å². The van der Waals surface area contributed by atoms with E-state index in [1.807, 2.05) is 38.1 Å². The van der Waals surface area contributed by atoms with E-state index in [9.17, 15) is 14.7 Å². The number of hydrogen-bond acceptors (Lipinski definition) is 6. The van der Waals surface area contributed by atoms with Gasteiger partial charge in [-0.15, -0.1) is 11.8 Å². The topological polar surface area (TPSA) is 98.8 Å². The molecule has 2 heterocycles. The summed E-state index contributed by atoms with van der Waals surface area (Å²) in [6, 6.07) is 7.41. The van der Waals surface area contributed by atoms with Crippen LogP contribution in [0.25, 0.3) is 0 Å². The van der Waals surface area contributed by atoms with Gasteiger partial charge in [0.25, 0.3) is 5.91 Å². The first kappa shape index (κ1) is 25.0. The number of benzene rings is 1. The van der Waals surface area contributed by atoms with Crippen molar-refractivity contribution in [3.8, 4) is 5.75 Å². The van der Waals surface area contributed by atoms with E-state index in [2.05, 4.69) is 28.9 Å². The second kappa shape index (κ2) is 10.5. The zero-order valence-electron chi connectivity index (χ0n) is 20.1. The van der Waals surface area contributed by atoms with Crippen LogP contribution in [0.1, 0.15) is 63.6 Å². The van der Waals surface area contributed by atoms with Crippen molar-refractivity contribution in [3.63, 3.8) is 0 Å². The molecule has 1 aliphatic heterocycles. The molecule has 0 spiro atoms. The highest BCUT2D eigenvalue weighted by molar-refractivity contribution is 8.01. The van der Waals surface area contributed by atoms with Crippen LogP contribution < -0.4 is 9.64 Å². The van der Waals surface area contributed by atoms with Crippen LogP contribution in [0.2, 0.25) is 0 Å². The third kappa shape index (κ3) is 5.13. The number of nitrogens with zero attached hydrogens (tertiary/aromatic N) is 3. The Hall–Kier alpha value is -2.68. The predicted molar refractivity (Wildman–Crippen MR) is 130 cm³/mol. The number of hydrogen-bond donors (Lipinski definition) is 2. The van der Waals surface area contributed by atoms with Gasteiger partial charge in [0.1, 0.15) is 23.3 Å². The van der Waals surface area contributed by atoms with Gasteiger partial charge in [0.05, 0.1) is 17.9 Å². The summed E-state index contributed by atoms with van der Waals surface area (Å²) in [5.41, 5.74) is 2.44. The molecule has 0 saturated heterocycles. The van der Waals surface area contributed by atoms with E-state index in [0.29, 0.717) is 31.0 Å². The minimum Gasteiger partial charge on any atom is -0.492 e. The number of rotatable bonds is 11. The molecule has 0 fully saturated rings. The Bertz CT molecular complexity index is 977. The van der Waals surface area contributed by atoms with Gasteiger partial charge in [-0.05, 0) is 57.9 Å². The second-order valence-corrected chi connectivity index (χ2v) is 9.95. The number of amides is 1. The van der Waals surface area contributed by atoms with Gasteiger partial charge in [-0.3, -0.25) is 14.7 Å². The van der Waals surface area contributed by atoms with Gasteiger partial charge in [-0.1, -0.05) is 20.3 Å². The predicted octanol–water partition coefficient (Wildman–Crippen LogP) is 4.41. The molecule has 2 unspecified atom stereocenters. The van der Waals surface area contributed by atoms with Gasteiger partial charge in [0.15, 0.2) is 5.69 Å². The lowest BCUT2D eigenvalue weighted by Crippen LogP contribution is -2.54. The molecule has 1 aromatic heterocycles. The first-order valence-corrected chi connectivity index (χ1v) is 12.4. The molecule has 0 aliphatic carbocycles. The van der Waals surface area contributed by atoms with Crippen molar-refractivity contribution in [2.45, 2.75) is 69.7 Å². The number of ether oxygens (including phenoxy) is 1. The zero-order valence-corrected chi connectivity index (χ0v) is 20.9. The van der Waals surface area contributed by atoms with E-state index < -0.39 is 10.7 Å². The minimum absolute atomic E-state index is 0.0799. The summed E-state index contributed by atoms with van der Waals surface area (Å²) in [4.78, 5) is 29.5. The van der Waals surface area contributed by atoms with Crippen LogP contribution in [0.4, 0.5) is 5.69 Å². The Morgan fingerprint density at radius 1 is 1.24 bits per heavy atom. The zero-order chi connectivity index (χ0) is 24.2. The average Bonchev–Trinajstić information content (AvgIpc) is 3.21. The first-order chi connectivity index (χ1) is 15.8. The number of carboxylic acids is 1. The highest BCUT2D eigenvalue weighted by Gasteiger charge is 2.38. The van der Waals surface area contributed by atoms with E-state index in [0.717, 1.165) is 35.7 Å². The fraction of sp³-hybridized carbons (Fsp3) is 0.542. The van der Waals surface area contributed by atoms with E-state index in [1.54, 1.807) is 11.8 Å². The smallest absolute Gasteiger partial charge is 0.319 e. The summed E-state index contributed by atoms with van der Waals surface area (Å²) < 4.78 is 5.04. The Balaban J connectivity index is 1.63. The highest BCUT2D eigenvalue weighted by Crippen LogP contribution is 2.36.